The fraction of sp³-hybridized carbons (Fsp3) is 0.250. The Kier molecular flexibility index (Phi) is 2.95. The van der Waals surface area contributed by atoms with Crippen LogP contribution < -0.4 is 0 Å². The lowest BCUT2D eigenvalue weighted by molar-refractivity contribution is 0.278. The predicted molar refractivity (Wildman–Crippen MR) is 50.5 cm³/mol. The summed E-state index contributed by atoms with van der Waals surface area (Å²) in [6.07, 6.45) is 1.08. The van der Waals surface area contributed by atoms with E-state index in [2.05, 4.69) is 0 Å². The fourth-order valence-corrected chi connectivity index (χ4v) is 2.28. The molecule has 0 radical (unpaired) electrons. The number of hydrogen-bond donors (Lipinski definition) is 1. The minimum atomic E-state index is -3.31. The van der Waals surface area contributed by atoms with Crippen molar-refractivity contribution in [1.82, 2.24) is 0 Å². The first-order valence-electron chi connectivity index (χ1n) is 3.55. The molecule has 1 aromatic rings. The molecule has 0 heterocycles. The average Bonchev–Trinajstić information content (AvgIpc) is 2.02. The van der Waals surface area contributed by atoms with Gasteiger partial charge >= 0.3 is 0 Å². The largest absolute Gasteiger partial charge is 0.392 e. The van der Waals surface area contributed by atoms with Crippen molar-refractivity contribution in [3.63, 3.8) is 0 Å². The molecule has 0 saturated heterocycles. The number of aliphatic hydroxyl groups excluding tert-OH is 1. The summed E-state index contributed by atoms with van der Waals surface area (Å²) in [5.74, 6) is 0. The predicted octanol–water partition coefficient (Wildman–Crippen LogP) is 1.24. The Morgan fingerprint density at radius 3 is 2.46 bits per heavy atom. The summed E-state index contributed by atoms with van der Waals surface area (Å²) in [7, 11) is -3.31. The standard InChI is InChI=1S/C8H9ClO3S/c1-13(11,12)8-4-2-3-7(9)6(8)5-10/h2-4,10H,5H2,1H3. The van der Waals surface area contributed by atoms with E-state index in [1.807, 2.05) is 0 Å². The second kappa shape index (κ2) is 3.65. The number of hydrogen-bond acceptors (Lipinski definition) is 3. The topological polar surface area (TPSA) is 54.4 Å². The van der Waals surface area contributed by atoms with Crippen LogP contribution in [-0.2, 0) is 16.4 Å². The molecule has 0 fully saturated rings. The van der Waals surface area contributed by atoms with Gasteiger partial charge in [-0.25, -0.2) is 8.42 Å². The molecule has 13 heavy (non-hydrogen) atoms. The maximum atomic E-state index is 11.2. The first-order valence-corrected chi connectivity index (χ1v) is 5.82. The van der Waals surface area contributed by atoms with Crippen LogP contribution in [0.1, 0.15) is 5.56 Å². The zero-order valence-corrected chi connectivity index (χ0v) is 8.56. The van der Waals surface area contributed by atoms with Crippen LogP contribution >= 0.6 is 11.6 Å². The lowest BCUT2D eigenvalue weighted by atomic mass is 10.2. The van der Waals surface area contributed by atoms with Crippen molar-refractivity contribution in [1.29, 1.82) is 0 Å². The van der Waals surface area contributed by atoms with E-state index >= 15 is 0 Å². The summed E-state index contributed by atoms with van der Waals surface area (Å²) >= 11 is 5.71. The third kappa shape index (κ3) is 2.21. The monoisotopic (exact) mass is 220 g/mol. The molecule has 0 aromatic heterocycles. The smallest absolute Gasteiger partial charge is 0.175 e. The third-order valence-corrected chi connectivity index (χ3v) is 3.17. The van der Waals surface area contributed by atoms with E-state index in [0.29, 0.717) is 0 Å². The molecule has 1 rings (SSSR count). The molecule has 72 valence electrons. The van der Waals surface area contributed by atoms with Crippen molar-refractivity contribution >= 4 is 21.4 Å². The highest BCUT2D eigenvalue weighted by Gasteiger charge is 2.14. The molecule has 0 aliphatic heterocycles. The van der Waals surface area contributed by atoms with Gasteiger partial charge in [0.15, 0.2) is 9.84 Å². The molecule has 0 amide bonds. The van der Waals surface area contributed by atoms with Crippen molar-refractivity contribution < 1.29 is 13.5 Å². The quantitative estimate of drug-likeness (QED) is 0.816. The molecule has 1 N–H and O–H groups in total. The van der Waals surface area contributed by atoms with E-state index < -0.39 is 9.84 Å². The average molecular weight is 221 g/mol. The van der Waals surface area contributed by atoms with Gasteiger partial charge in [0.2, 0.25) is 0 Å². The van der Waals surface area contributed by atoms with Gasteiger partial charge < -0.3 is 5.11 Å². The van der Waals surface area contributed by atoms with Crippen molar-refractivity contribution in [3.05, 3.63) is 28.8 Å². The number of halogens is 1. The maximum absolute atomic E-state index is 11.2. The van der Waals surface area contributed by atoms with E-state index in [9.17, 15) is 8.42 Å². The molecule has 0 bridgehead atoms. The lowest BCUT2D eigenvalue weighted by Crippen LogP contribution is -2.02. The second-order valence-electron chi connectivity index (χ2n) is 2.65. The Labute approximate surface area is 81.9 Å². The second-order valence-corrected chi connectivity index (χ2v) is 5.04. The van der Waals surface area contributed by atoms with Gasteiger partial charge in [-0.2, -0.15) is 0 Å². The minimum Gasteiger partial charge on any atom is -0.392 e. The third-order valence-electron chi connectivity index (χ3n) is 1.63. The molecule has 0 saturated carbocycles. The van der Waals surface area contributed by atoms with Crippen LogP contribution in [0.15, 0.2) is 23.1 Å². The van der Waals surface area contributed by atoms with Gasteiger partial charge in [-0.3, -0.25) is 0 Å². The number of benzene rings is 1. The number of aliphatic hydroxyl groups is 1. The Bertz CT molecular complexity index is 411. The van der Waals surface area contributed by atoms with Crippen LogP contribution in [0.25, 0.3) is 0 Å². The molecule has 3 nitrogen and oxygen atoms in total. The van der Waals surface area contributed by atoms with E-state index in [-0.39, 0.29) is 22.1 Å². The molecular weight excluding hydrogens is 212 g/mol. The van der Waals surface area contributed by atoms with Crippen LogP contribution in [-0.4, -0.2) is 19.8 Å². The van der Waals surface area contributed by atoms with Crippen LogP contribution in [0, 0.1) is 0 Å². The van der Waals surface area contributed by atoms with Gasteiger partial charge in [0.05, 0.1) is 11.5 Å². The Balaban J connectivity index is 3.47. The highest BCUT2D eigenvalue weighted by molar-refractivity contribution is 7.90. The van der Waals surface area contributed by atoms with E-state index in [0.717, 1.165) is 6.26 Å². The van der Waals surface area contributed by atoms with Gasteiger partial charge in [0.1, 0.15) is 0 Å². The van der Waals surface area contributed by atoms with Gasteiger partial charge in [-0.05, 0) is 12.1 Å². The van der Waals surface area contributed by atoms with Crippen LogP contribution in [0.4, 0.5) is 0 Å². The fourth-order valence-electron chi connectivity index (χ4n) is 1.04. The SMILES string of the molecule is CS(=O)(=O)c1cccc(Cl)c1CO. The summed E-state index contributed by atoms with van der Waals surface area (Å²) in [6, 6.07) is 4.51. The molecule has 0 aliphatic rings. The molecule has 0 unspecified atom stereocenters. The summed E-state index contributed by atoms with van der Waals surface area (Å²) in [5, 5.41) is 9.18. The van der Waals surface area contributed by atoms with Crippen molar-refractivity contribution in [2.45, 2.75) is 11.5 Å². The Morgan fingerprint density at radius 1 is 1.46 bits per heavy atom. The number of sulfone groups is 1. The molecule has 1 aromatic carbocycles. The van der Waals surface area contributed by atoms with Gasteiger partial charge in [-0.15, -0.1) is 0 Å². The highest BCUT2D eigenvalue weighted by Crippen LogP contribution is 2.23. The Morgan fingerprint density at radius 2 is 2.08 bits per heavy atom. The van der Waals surface area contributed by atoms with Crippen LogP contribution in [0.2, 0.25) is 5.02 Å². The van der Waals surface area contributed by atoms with Crippen molar-refractivity contribution in [2.75, 3.05) is 6.26 Å². The van der Waals surface area contributed by atoms with E-state index in [4.69, 9.17) is 16.7 Å². The van der Waals surface area contributed by atoms with Crippen molar-refractivity contribution in [3.8, 4) is 0 Å². The van der Waals surface area contributed by atoms with Crippen molar-refractivity contribution in [2.24, 2.45) is 0 Å². The summed E-state index contributed by atoms with van der Waals surface area (Å²) in [6.45, 7) is -0.373. The first kappa shape index (κ1) is 10.5. The highest BCUT2D eigenvalue weighted by atomic mass is 35.5. The molecular formula is C8H9ClO3S. The van der Waals surface area contributed by atoms with Gasteiger partial charge in [-0.1, -0.05) is 17.7 Å². The lowest BCUT2D eigenvalue weighted by Gasteiger charge is -2.06. The minimum absolute atomic E-state index is 0.0856. The Hall–Kier alpha value is -0.580. The normalized spacial score (nSPS) is 11.6. The van der Waals surface area contributed by atoms with Gasteiger partial charge in [0, 0.05) is 16.8 Å². The van der Waals surface area contributed by atoms with Gasteiger partial charge in [0.25, 0.3) is 0 Å². The molecule has 0 aliphatic carbocycles. The molecule has 5 heteroatoms. The van der Waals surface area contributed by atoms with Crippen LogP contribution in [0.5, 0.6) is 0 Å². The molecule has 0 atom stereocenters. The summed E-state index contributed by atoms with van der Waals surface area (Å²) < 4.78 is 22.4. The van der Waals surface area contributed by atoms with Crippen LogP contribution in [0.3, 0.4) is 0 Å². The summed E-state index contributed by atoms with van der Waals surface area (Å²) in [4.78, 5) is 0.0856. The maximum Gasteiger partial charge on any atom is 0.175 e. The number of rotatable bonds is 2. The first-order chi connectivity index (χ1) is 5.96. The van der Waals surface area contributed by atoms with E-state index in [1.54, 1.807) is 6.07 Å². The molecule has 0 spiro atoms. The van der Waals surface area contributed by atoms with E-state index in [1.165, 1.54) is 12.1 Å². The summed E-state index contributed by atoms with van der Waals surface area (Å²) in [5.41, 5.74) is 0.256. The zero-order valence-electron chi connectivity index (χ0n) is 6.99. The zero-order chi connectivity index (χ0) is 10.1.